The molecule has 0 saturated carbocycles. The van der Waals surface area contributed by atoms with E-state index in [4.69, 9.17) is 14.6 Å². The second-order valence-electron chi connectivity index (χ2n) is 5.58. The molecule has 0 atom stereocenters. The highest BCUT2D eigenvalue weighted by Gasteiger charge is 2.15. The first-order valence-corrected chi connectivity index (χ1v) is 7.92. The summed E-state index contributed by atoms with van der Waals surface area (Å²) in [4.78, 5) is 14.2. The maximum Gasteiger partial charge on any atom is 0.404 e. The van der Waals surface area contributed by atoms with E-state index in [-0.39, 0.29) is 0 Å². The van der Waals surface area contributed by atoms with Gasteiger partial charge in [-0.3, -0.25) is 0 Å². The van der Waals surface area contributed by atoms with Crippen LogP contribution in [0.5, 0.6) is 11.5 Å². The number of carboxylic acid groups (broad SMARTS) is 1. The molecule has 0 fully saturated rings. The Morgan fingerprint density at radius 2 is 1.88 bits per heavy atom. The molecule has 2 aromatic carbocycles. The Labute approximate surface area is 145 Å². The zero-order valence-corrected chi connectivity index (χ0v) is 14.1. The second-order valence-corrected chi connectivity index (χ2v) is 5.58. The molecule has 1 amide bonds. The molecule has 3 aromatic rings. The number of para-hydroxylation sites is 1. The predicted molar refractivity (Wildman–Crippen MR) is 96.6 cm³/mol. The lowest BCUT2D eigenvalue weighted by molar-refractivity contribution is 0.194. The standard InChI is InChI=1S/C19H20N2O4/c1-24-16-8-7-12(11-17(16)25-2)18-14(9-10-20-19(22)23)13-5-3-4-6-15(13)21-18/h3-8,11,20-21H,9-10H2,1-2H3,(H,22,23). The lowest BCUT2D eigenvalue weighted by Gasteiger charge is -2.10. The smallest absolute Gasteiger partial charge is 0.404 e. The largest absolute Gasteiger partial charge is 0.493 e. The minimum absolute atomic E-state index is 0.345. The number of ether oxygens (including phenoxy) is 2. The predicted octanol–water partition coefficient (Wildman–Crippen LogP) is 3.66. The van der Waals surface area contributed by atoms with E-state index in [0.29, 0.717) is 24.5 Å². The van der Waals surface area contributed by atoms with Gasteiger partial charge in [0.15, 0.2) is 11.5 Å². The first-order valence-electron chi connectivity index (χ1n) is 7.92. The number of amides is 1. The first kappa shape index (κ1) is 16.7. The second kappa shape index (κ2) is 7.17. The van der Waals surface area contributed by atoms with Gasteiger partial charge in [-0.15, -0.1) is 0 Å². The van der Waals surface area contributed by atoms with Crippen LogP contribution in [0.4, 0.5) is 4.79 Å². The maximum absolute atomic E-state index is 10.8. The van der Waals surface area contributed by atoms with Crippen molar-refractivity contribution in [1.29, 1.82) is 0 Å². The number of benzene rings is 2. The molecular weight excluding hydrogens is 320 g/mol. The molecular formula is C19H20N2O4. The molecule has 25 heavy (non-hydrogen) atoms. The van der Waals surface area contributed by atoms with E-state index in [1.807, 2.05) is 42.5 Å². The summed E-state index contributed by atoms with van der Waals surface area (Å²) in [6, 6.07) is 13.7. The Morgan fingerprint density at radius 3 is 2.60 bits per heavy atom. The quantitative estimate of drug-likeness (QED) is 0.639. The summed E-state index contributed by atoms with van der Waals surface area (Å²) < 4.78 is 10.7. The number of carbonyl (C=O) groups is 1. The van der Waals surface area contributed by atoms with Crippen molar-refractivity contribution in [3.05, 3.63) is 48.0 Å². The van der Waals surface area contributed by atoms with E-state index in [9.17, 15) is 4.79 Å². The molecule has 3 N–H and O–H groups in total. The first-order chi connectivity index (χ1) is 12.1. The Hall–Kier alpha value is -3.15. The SMILES string of the molecule is COc1ccc(-c2[nH]c3ccccc3c2CCNC(=O)O)cc1OC. The average Bonchev–Trinajstić information content (AvgIpc) is 2.99. The van der Waals surface area contributed by atoms with Gasteiger partial charge in [-0.2, -0.15) is 0 Å². The minimum atomic E-state index is -1.02. The molecule has 0 aliphatic carbocycles. The van der Waals surface area contributed by atoms with E-state index < -0.39 is 6.09 Å². The van der Waals surface area contributed by atoms with Crippen LogP contribution in [0, 0.1) is 0 Å². The van der Waals surface area contributed by atoms with Crippen molar-refractivity contribution < 1.29 is 19.4 Å². The van der Waals surface area contributed by atoms with Crippen LogP contribution in [0.25, 0.3) is 22.2 Å². The monoisotopic (exact) mass is 340 g/mol. The summed E-state index contributed by atoms with van der Waals surface area (Å²) in [5, 5.41) is 12.3. The molecule has 1 aromatic heterocycles. The highest BCUT2D eigenvalue weighted by Crippen LogP contribution is 2.36. The fourth-order valence-corrected chi connectivity index (χ4v) is 2.99. The average molecular weight is 340 g/mol. The van der Waals surface area contributed by atoms with Crippen LogP contribution < -0.4 is 14.8 Å². The molecule has 6 heteroatoms. The highest BCUT2D eigenvalue weighted by atomic mass is 16.5. The van der Waals surface area contributed by atoms with Crippen molar-refractivity contribution in [2.45, 2.75) is 6.42 Å². The molecule has 0 aliphatic heterocycles. The van der Waals surface area contributed by atoms with Crippen molar-refractivity contribution in [2.75, 3.05) is 20.8 Å². The van der Waals surface area contributed by atoms with Gasteiger partial charge in [0.25, 0.3) is 0 Å². The lowest BCUT2D eigenvalue weighted by Crippen LogP contribution is -2.23. The van der Waals surface area contributed by atoms with Crippen molar-refractivity contribution in [3.63, 3.8) is 0 Å². The van der Waals surface area contributed by atoms with Gasteiger partial charge in [-0.1, -0.05) is 18.2 Å². The minimum Gasteiger partial charge on any atom is -0.493 e. The van der Waals surface area contributed by atoms with Gasteiger partial charge in [0.2, 0.25) is 0 Å². The number of rotatable bonds is 6. The molecule has 0 unspecified atom stereocenters. The summed E-state index contributed by atoms with van der Waals surface area (Å²) in [5.41, 5.74) is 3.99. The zero-order valence-electron chi connectivity index (χ0n) is 14.1. The molecule has 130 valence electrons. The van der Waals surface area contributed by atoms with Crippen LogP contribution >= 0.6 is 0 Å². The van der Waals surface area contributed by atoms with Crippen LogP contribution in [-0.2, 0) is 6.42 Å². The summed E-state index contributed by atoms with van der Waals surface area (Å²) in [6.45, 7) is 0.345. The summed E-state index contributed by atoms with van der Waals surface area (Å²) in [7, 11) is 3.20. The van der Waals surface area contributed by atoms with Crippen LogP contribution in [0.3, 0.4) is 0 Å². The van der Waals surface area contributed by atoms with Crippen molar-refractivity contribution in [3.8, 4) is 22.8 Å². The van der Waals surface area contributed by atoms with E-state index >= 15 is 0 Å². The molecule has 0 radical (unpaired) electrons. The normalized spacial score (nSPS) is 10.6. The van der Waals surface area contributed by atoms with Gasteiger partial charge in [0.1, 0.15) is 0 Å². The maximum atomic E-state index is 10.8. The number of nitrogens with one attached hydrogen (secondary N) is 2. The van der Waals surface area contributed by atoms with Gasteiger partial charge in [-0.05, 0) is 36.2 Å². The number of aromatic nitrogens is 1. The number of fused-ring (bicyclic) bond motifs is 1. The third-order valence-electron chi connectivity index (χ3n) is 4.14. The third-order valence-corrected chi connectivity index (χ3v) is 4.14. The molecule has 1 heterocycles. The van der Waals surface area contributed by atoms with E-state index in [0.717, 1.165) is 27.7 Å². The topological polar surface area (TPSA) is 83.6 Å². The van der Waals surface area contributed by atoms with Gasteiger partial charge in [0.05, 0.1) is 14.2 Å². The summed E-state index contributed by atoms with van der Waals surface area (Å²) in [5.74, 6) is 1.31. The Balaban J connectivity index is 2.07. The number of H-pyrrole nitrogens is 1. The summed E-state index contributed by atoms with van der Waals surface area (Å²) >= 11 is 0. The summed E-state index contributed by atoms with van der Waals surface area (Å²) in [6.07, 6.45) is -0.438. The number of hydrogen-bond donors (Lipinski definition) is 3. The molecule has 6 nitrogen and oxygen atoms in total. The molecule has 3 rings (SSSR count). The lowest BCUT2D eigenvalue weighted by atomic mass is 10.0. The van der Waals surface area contributed by atoms with Crippen LogP contribution in [0.15, 0.2) is 42.5 Å². The molecule has 0 aliphatic rings. The van der Waals surface area contributed by atoms with Gasteiger partial charge in [0, 0.05) is 28.7 Å². The Bertz CT molecular complexity index is 902. The third kappa shape index (κ3) is 3.38. The zero-order chi connectivity index (χ0) is 17.8. The number of hydrogen-bond acceptors (Lipinski definition) is 3. The van der Waals surface area contributed by atoms with Gasteiger partial charge in [-0.25, -0.2) is 4.79 Å². The van der Waals surface area contributed by atoms with Gasteiger partial charge < -0.3 is 24.9 Å². The van der Waals surface area contributed by atoms with Crippen molar-refractivity contribution in [1.82, 2.24) is 10.3 Å². The van der Waals surface area contributed by atoms with Crippen LogP contribution in [0.2, 0.25) is 0 Å². The van der Waals surface area contributed by atoms with E-state index in [1.165, 1.54) is 0 Å². The Kier molecular flexibility index (Phi) is 4.79. The molecule has 0 saturated heterocycles. The van der Waals surface area contributed by atoms with E-state index in [2.05, 4.69) is 10.3 Å². The molecule has 0 bridgehead atoms. The van der Waals surface area contributed by atoms with Gasteiger partial charge >= 0.3 is 6.09 Å². The Morgan fingerprint density at radius 1 is 1.12 bits per heavy atom. The van der Waals surface area contributed by atoms with Crippen molar-refractivity contribution in [2.24, 2.45) is 0 Å². The van der Waals surface area contributed by atoms with Crippen molar-refractivity contribution >= 4 is 17.0 Å². The highest BCUT2D eigenvalue weighted by molar-refractivity contribution is 5.91. The number of aromatic amines is 1. The van der Waals surface area contributed by atoms with Crippen LogP contribution in [-0.4, -0.2) is 36.9 Å². The van der Waals surface area contributed by atoms with Crippen LogP contribution in [0.1, 0.15) is 5.56 Å². The molecule has 0 spiro atoms. The number of methoxy groups -OCH3 is 2. The van der Waals surface area contributed by atoms with E-state index in [1.54, 1.807) is 14.2 Å². The fraction of sp³-hybridized carbons (Fsp3) is 0.211. The fourth-order valence-electron chi connectivity index (χ4n) is 2.99.